The summed E-state index contributed by atoms with van der Waals surface area (Å²) < 4.78 is 0. The third kappa shape index (κ3) is 1.45. The topological polar surface area (TPSA) is 73.1 Å². The van der Waals surface area contributed by atoms with Crippen molar-refractivity contribution < 1.29 is 9.72 Å². The lowest BCUT2D eigenvalue weighted by molar-refractivity contribution is -0.385. The van der Waals surface area contributed by atoms with E-state index in [1.165, 1.54) is 6.07 Å². The summed E-state index contributed by atoms with van der Waals surface area (Å²) in [5.74, 6) is 0. The van der Waals surface area contributed by atoms with Crippen LogP contribution in [0.25, 0.3) is 0 Å². The highest BCUT2D eigenvalue weighted by atomic mass is 16.6. The molecule has 0 amide bonds. The molecule has 5 heteroatoms. The highest BCUT2D eigenvalue weighted by Gasteiger charge is 2.12. The lowest BCUT2D eigenvalue weighted by atomic mass is 10.2. The normalized spacial score (nSPS) is 9.42. The number of hydrogen-bond acceptors (Lipinski definition) is 4. The Labute approximate surface area is 68.2 Å². The zero-order valence-electron chi connectivity index (χ0n) is 6.35. The van der Waals surface area contributed by atoms with E-state index in [2.05, 4.69) is 4.98 Å². The molecule has 0 aliphatic rings. The Balaban J connectivity index is 3.29. The quantitative estimate of drug-likeness (QED) is 0.374. The molecule has 1 rings (SSSR count). The number of nitro groups is 1. The molecule has 0 N–H and O–H groups in total. The van der Waals surface area contributed by atoms with Crippen LogP contribution in [0.1, 0.15) is 16.1 Å². The van der Waals surface area contributed by atoms with E-state index in [1.54, 1.807) is 6.92 Å². The predicted octanol–water partition coefficient (Wildman–Crippen LogP) is 1.11. The minimum absolute atomic E-state index is 0.0625. The second-order valence-corrected chi connectivity index (χ2v) is 2.26. The molecule has 0 spiro atoms. The Morgan fingerprint density at radius 1 is 1.67 bits per heavy atom. The maximum atomic E-state index is 10.4. The van der Waals surface area contributed by atoms with E-state index in [9.17, 15) is 14.9 Å². The Hall–Kier alpha value is -1.78. The molecule has 62 valence electrons. The minimum Gasteiger partial charge on any atom is -0.298 e. The van der Waals surface area contributed by atoms with Gasteiger partial charge in [-0.2, -0.15) is 0 Å². The average molecular weight is 166 g/mol. The van der Waals surface area contributed by atoms with Crippen LogP contribution in [0.5, 0.6) is 0 Å². The molecule has 1 heterocycles. The number of carbonyl (C=O) groups is 1. The molecular weight excluding hydrogens is 160 g/mol. The van der Waals surface area contributed by atoms with E-state index in [1.807, 2.05) is 0 Å². The van der Waals surface area contributed by atoms with E-state index in [0.717, 1.165) is 6.20 Å². The molecule has 1 aromatic heterocycles. The van der Waals surface area contributed by atoms with Gasteiger partial charge in [-0.05, 0) is 13.0 Å². The summed E-state index contributed by atoms with van der Waals surface area (Å²) in [5.41, 5.74) is 0.394. The van der Waals surface area contributed by atoms with Crippen molar-refractivity contribution in [3.8, 4) is 0 Å². The van der Waals surface area contributed by atoms with E-state index in [0.29, 0.717) is 12.0 Å². The maximum absolute atomic E-state index is 10.4. The number of aryl methyl sites for hydroxylation is 1. The van der Waals surface area contributed by atoms with E-state index < -0.39 is 4.92 Å². The molecule has 0 radical (unpaired) electrons. The van der Waals surface area contributed by atoms with Crippen LogP contribution in [0, 0.1) is 17.0 Å². The minimum atomic E-state index is -0.629. The van der Waals surface area contributed by atoms with Gasteiger partial charge in [0.25, 0.3) is 5.69 Å². The summed E-state index contributed by atoms with van der Waals surface area (Å²) in [6, 6.07) is 1.38. The summed E-state index contributed by atoms with van der Waals surface area (Å²) in [7, 11) is 0. The van der Waals surface area contributed by atoms with Crippen molar-refractivity contribution >= 4 is 12.0 Å². The summed E-state index contributed by atoms with van der Waals surface area (Å²) >= 11 is 0. The van der Waals surface area contributed by atoms with Crippen molar-refractivity contribution in [2.75, 3.05) is 0 Å². The Morgan fingerprint density at radius 3 is 2.83 bits per heavy atom. The number of pyridine rings is 1. The number of nitrogens with zero attached hydrogens (tertiary/aromatic N) is 2. The molecule has 0 fully saturated rings. The van der Waals surface area contributed by atoms with Gasteiger partial charge in [-0.3, -0.25) is 19.9 Å². The first-order chi connectivity index (χ1) is 5.65. The molecular formula is C7H6N2O3. The highest BCUT2D eigenvalue weighted by Crippen LogP contribution is 2.14. The van der Waals surface area contributed by atoms with Gasteiger partial charge in [0.2, 0.25) is 0 Å². The standard InChI is InChI=1S/C7H6N2O3/c1-5-2-6(4-10)7(3-8-5)9(11)12/h2-4H,1H3. The fourth-order valence-corrected chi connectivity index (χ4v) is 0.821. The van der Waals surface area contributed by atoms with E-state index in [4.69, 9.17) is 0 Å². The van der Waals surface area contributed by atoms with Crippen LogP contribution in [0.3, 0.4) is 0 Å². The molecule has 0 bridgehead atoms. The van der Waals surface area contributed by atoms with Crippen LogP contribution in [0.2, 0.25) is 0 Å². The summed E-state index contributed by atoms with van der Waals surface area (Å²) in [5, 5.41) is 10.3. The van der Waals surface area contributed by atoms with Crippen molar-refractivity contribution in [1.82, 2.24) is 4.98 Å². The third-order valence-corrected chi connectivity index (χ3v) is 1.37. The van der Waals surface area contributed by atoms with Crippen LogP contribution < -0.4 is 0 Å². The zero-order chi connectivity index (χ0) is 9.14. The van der Waals surface area contributed by atoms with Gasteiger partial charge < -0.3 is 0 Å². The largest absolute Gasteiger partial charge is 0.298 e. The van der Waals surface area contributed by atoms with Crippen LogP contribution in [-0.4, -0.2) is 16.2 Å². The monoisotopic (exact) mass is 166 g/mol. The van der Waals surface area contributed by atoms with Gasteiger partial charge in [-0.1, -0.05) is 0 Å². The number of aldehydes is 1. The third-order valence-electron chi connectivity index (χ3n) is 1.37. The van der Waals surface area contributed by atoms with Crippen LogP contribution in [0.4, 0.5) is 5.69 Å². The molecule has 1 aromatic rings. The molecule has 0 aromatic carbocycles. The summed E-state index contributed by atoms with van der Waals surface area (Å²) in [6.45, 7) is 1.66. The SMILES string of the molecule is Cc1cc(C=O)c([N+](=O)[O-])cn1. The van der Waals surface area contributed by atoms with Crippen molar-refractivity contribution in [1.29, 1.82) is 0 Å². The van der Waals surface area contributed by atoms with Crippen molar-refractivity contribution in [2.45, 2.75) is 6.92 Å². The fraction of sp³-hybridized carbons (Fsp3) is 0.143. The van der Waals surface area contributed by atoms with E-state index in [-0.39, 0.29) is 11.3 Å². The van der Waals surface area contributed by atoms with Gasteiger partial charge in [0.15, 0.2) is 6.29 Å². The summed E-state index contributed by atoms with van der Waals surface area (Å²) in [4.78, 5) is 23.7. The fourth-order valence-electron chi connectivity index (χ4n) is 0.821. The number of aromatic nitrogens is 1. The molecule has 0 aliphatic heterocycles. The van der Waals surface area contributed by atoms with Crippen LogP contribution >= 0.6 is 0 Å². The lowest BCUT2D eigenvalue weighted by Crippen LogP contribution is -1.96. The van der Waals surface area contributed by atoms with Gasteiger partial charge in [0.05, 0.1) is 10.5 Å². The van der Waals surface area contributed by atoms with E-state index >= 15 is 0 Å². The summed E-state index contributed by atoms with van der Waals surface area (Å²) in [6.07, 6.45) is 1.53. The molecule has 0 saturated heterocycles. The van der Waals surface area contributed by atoms with Gasteiger partial charge >= 0.3 is 0 Å². The first kappa shape index (κ1) is 8.32. The number of rotatable bonds is 2. The zero-order valence-corrected chi connectivity index (χ0v) is 6.35. The maximum Gasteiger partial charge on any atom is 0.298 e. The Morgan fingerprint density at radius 2 is 2.33 bits per heavy atom. The molecule has 0 aliphatic carbocycles. The predicted molar refractivity (Wildman–Crippen MR) is 41.0 cm³/mol. The Bertz CT molecular complexity index is 335. The molecule has 0 atom stereocenters. The number of carbonyl (C=O) groups excluding carboxylic acids is 1. The van der Waals surface area contributed by atoms with Gasteiger partial charge in [-0.15, -0.1) is 0 Å². The van der Waals surface area contributed by atoms with Gasteiger partial charge in [0.1, 0.15) is 6.20 Å². The Kier molecular flexibility index (Phi) is 2.14. The smallest absolute Gasteiger partial charge is 0.298 e. The first-order valence-corrected chi connectivity index (χ1v) is 3.21. The van der Waals surface area contributed by atoms with Gasteiger partial charge in [0, 0.05) is 5.69 Å². The lowest BCUT2D eigenvalue weighted by Gasteiger charge is -1.95. The van der Waals surface area contributed by atoms with Crippen LogP contribution in [0.15, 0.2) is 12.3 Å². The second kappa shape index (κ2) is 3.08. The second-order valence-electron chi connectivity index (χ2n) is 2.26. The van der Waals surface area contributed by atoms with Crippen LogP contribution in [-0.2, 0) is 0 Å². The highest BCUT2D eigenvalue weighted by molar-refractivity contribution is 5.80. The van der Waals surface area contributed by atoms with Gasteiger partial charge in [-0.25, -0.2) is 0 Å². The van der Waals surface area contributed by atoms with Crippen molar-refractivity contribution in [3.63, 3.8) is 0 Å². The number of hydrogen-bond donors (Lipinski definition) is 0. The van der Waals surface area contributed by atoms with Crippen molar-refractivity contribution in [3.05, 3.63) is 33.6 Å². The molecule has 0 saturated carbocycles. The average Bonchev–Trinajstić information content (AvgIpc) is 2.03. The molecule has 0 unspecified atom stereocenters. The molecule has 5 nitrogen and oxygen atoms in total. The molecule has 12 heavy (non-hydrogen) atoms. The first-order valence-electron chi connectivity index (χ1n) is 3.21. The van der Waals surface area contributed by atoms with Crippen molar-refractivity contribution in [2.24, 2.45) is 0 Å².